The second-order valence-electron chi connectivity index (χ2n) is 3.96. The predicted octanol–water partition coefficient (Wildman–Crippen LogP) is 2.52. The molecule has 0 fully saturated rings. The Bertz CT molecular complexity index is 475. The summed E-state index contributed by atoms with van der Waals surface area (Å²) in [5.74, 6) is -0.601. The first-order valence-electron chi connectivity index (χ1n) is 6.06. The third-order valence-corrected chi connectivity index (χ3v) is 5.53. The van der Waals surface area contributed by atoms with E-state index in [1.165, 1.54) is 7.11 Å². The maximum absolute atomic E-state index is 11.1. The number of benzene rings is 1. The van der Waals surface area contributed by atoms with Gasteiger partial charge in [-0.05, 0) is 12.1 Å². The average Bonchev–Trinajstić information content (AvgIpc) is 2.75. The summed E-state index contributed by atoms with van der Waals surface area (Å²) in [5, 5.41) is 2.20. The van der Waals surface area contributed by atoms with E-state index >= 15 is 0 Å². The van der Waals surface area contributed by atoms with E-state index in [1.54, 1.807) is 24.3 Å². The summed E-state index contributed by atoms with van der Waals surface area (Å²) in [6.45, 7) is 3.77. The van der Waals surface area contributed by atoms with Crippen LogP contribution in [0.2, 0.25) is 0 Å². The Kier molecular flexibility index (Phi) is 5.45. The van der Waals surface area contributed by atoms with Crippen molar-refractivity contribution in [1.29, 1.82) is 0 Å². The van der Waals surface area contributed by atoms with E-state index in [9.17, 15) is 14.2 Å². The van der Waals surface area contributed by atoms with E-state index in [-0.39, 0.29) is 11.8 Å². The molecule has 2 rings (SSSR count). The van der Waals surface area contributed by atoms with Crippen molar-refractivity contribution >= 4 is 19.2 Å². The van der Waals surface area contributed by atoms with Crippen molar-refractivity contribution in [2.75, 3.05) is 19.4 Å². The molecule has 1 aromatic carbocycles. The van der Waals surface area contributed by atoms with Crippen molar-refractivity contribution in [3.8, 4) is 0 Å². The third kappa shape index (κ3) is 3.75. The maximum Gasteiger partial charge on any atom is 0.258 e. The van der Waals surface area contributed by atoms with Crippen LogP contribution in [0.5, 0.6) is 0 Å². The highest BCUT2D eigenvalue weighted by atomic mass is 31.2. The zero-order valence-corrected chi connectivity index (χ0v) is 12.2. The Morgan fingerprint density at radius 2 is 1.47 bits per heavy atom. The lowest BCUT2D eigenvalue weighted by Crippen LogP contribution is -2.19. The van der Waals surface area contributed by atoms with Gasteiger partial charge in [-0.1, -0.05) is 26.0 Å². The Morgan fingerprint density at radius 1 is 1.05 bits per heavy atom. The predicted molar refractivity (Wildman–Crippen MR) is 73.9 cm³/mol. The number of amides is 2. The molecule has 1 heterocycles. The minimum absolute atomic E-state index is 0.300. The zero-order chi connectivity index (χ0) is 14.5. The first kappa shape index (κ1) is 15.6. The van der Waals surface area contributed by atoms with Crippen LogP contribution < -0.4 is 5.32 Å². The number of carbonyl (C=O) groups excluding carboxylic acids is 2. The SMILES string of the molecule is CCP(=O)(CC)OC.O=C1NC(=O)c2ccccc21. The molecule has 0 aromatic heterocycles. The number of hydrogen-bond donors (Lipinski definition) is 1. The van der Waals surface area contributed by atoms with Gasteiger partial charge in [-0.2, -0.15) is 0 Å². The topological polar surface area (TPSA) is 72.5 Å². The Labute approximate surface area is 112 Å². The van der Waals surface area contributed by atoms with Crippen LogP contribution in [0.3, 0.4) is 0 Å². The molecule has 0 unspecified atom stereocenters. The molecule has 0 bridgehead atoms. The number of fused-ring (bicyclic) bond motifs is 1. The van der Waals surface area contributed by atoms with Crippen molar-refractivity contribution < 1.29 is 18.7 Å². The van der Waals surface area contributed by atoms with E-state index in [0.717, 1.165) is 0 Å². The van der Waals surface area contributed by atoms with Crippen LogP contribution in [0.1, 0.15) is 34.6 Å². The fourth-order valence-electron chi connectivity index (χ4n) is 1.60. The maximum atomic E-state index is 11.1. The van der Waals surface area contributed by atoms with Crippen molar-refractivity contribution in [2.24, 2.45) is 0 Å². The van der Waals surface area contributed by atoms with E-state index in [2.05, 4.69) is 5.32 Å². The Hall–Kier alpha value is -1.45. The highest BCUT2D eigenvalue weighted by Gasteiger charge is 2.25. The molecule has 104 valence electrons. The van der Waals surface area contributed by atoms with E-state index in [4.69, 9.17) is 4.52 Å². The molecular weight excluding hydrogens is 265 g/mol. The van der Waals surface area contributed by atoms with Gasteiger partial charge >= 0.3 is 0 Å². The molecule has 1 aliphatic rings. The lowest BCUT2D eigenvalue weighted by Gasteiger charge is -2.09. The van der Waals surface area contributed by atoms with E-state index in [0.29, 0.717) is 23.5 Å². The highest BCUT2D eigenvalue weighted by molar-refractivity contribution is 7.58. The summed E-state index contributed by atoms with van der Waals surface area (Å²) in [6.07, 6.45) is 1.31. The molecule has 0 spiro atoms. The van der Waals surface area contributed by atoms with Gasteiger partial charge < -0.3 is 4.52 Å². The molecule has 0 radical (unpaired) electrons. The lowest BCUT2D eigenvalue weighted by atomic mass is 10.1. The van der Waals surface area contributed by atoms with Gasteiger partial charge in [0, 0.05) is 19.4 Å². The molecule has 0 aliphatic carbocycles. The summed E-state index contributed by atoms with van der Waals surface area (Å²) in [6, 6.07) is 6.74. The molecule has 0 saturated heterocycles. The standard InChI is InChI=1S/C8H5NO2.C5H13O2P/c10-7-5-3-1-2-4-6(5)8(11)9-7;1-4-8(6,5-2)7-3/h1-4H,(H,9,10,11);4-5H2,1-3H3. The lowest BCUT2D eigenvalue weighted by molar-refractivity contribution is 0.0879. The van der Waals surface area contributed by atoms with Gasteiger partial charge in [0.2, 0.25) is 7.37 Å². The summed E-state index contributed by atoms with van der Waals surface area (Å²) in [5.41, 5.74) is 0.940. The second kappa shape index (κ2) is 6.64. The number of imide groups is 1. The molecular formula is C13H18NO4P. The number of nitrogens with one attached hydrogen (secondary N) is 1. The van der Waals surface area contributed by atoms with Crippen molar-refractivity contribution in [3.05, 3.63) is 35.4 Å². The van der Waals surface area contributed by atoms with Gasteiger partial charge in [0.05, 0.1) is 11.1 Å². The first-order chi connectivity index (χ1) is 8.97. The van der Waals surface area contributed by atoms with Gasteiger partial charge in [0.1, 0.15) is 0 Å². The molecule has 19 heavy (non-hydrogen) atoms. The molecule has 1 aliphatic heterocycles. The summed E-state index contributed by atoms with van der Waals surface area (Å²) in [7, 11) is -0.654. The van der Waals surface area contributed by atoms with Crippen LogP contribution in [0, 0.1) is 0 Å². The number of rotatable bonds is 3. The van der Waals surface area contributed by atoms with Crippen LogP contribution in [0.15, 0.2) is 24.3 Å². The molecule has 0 atom stereocenters. The molecule has 1 aromatic rings. The largest absolute Gasteiger partial charge is 0.332 e. The van der Waals surface area contributed by atoms with Crippen LogP contribution in [0.25, 0.3) is 0 Å². The van der Waals surface area contributed by atoms with Crippen molar-refractivity contribution in [1.82, 2.24) is 5.32 Å². The monoisotopic (exact) mass is 283 g/mol. The number of hydrogen-bond acceptors (Lipinski definition) is 4. The van der Waals surface area contributed by atoms with Crippen LogP contribution in [-0.4, -0.2) is 31.2 Å². The highest BCUT2D eigenvalue weighted by Crippen LogP contribution is 2.44. The van der Waals surface area contributed by atoms with Crippen molar-refractivity contribution in [3.63, 3.8) is 0 Å². The molecule has 2 amide bonds. The quantitative estimate of drug-likeness (QED) is 0.683. The summed E-state index contributed by atoms with van der Waals surface area (Å²) >= 11 is 0. The van der Waals surface area contributed by atoms with Gasteiger partial charge in [0.25, 0.3) is 11.8 Å². The first-order valence-corrected chi connectivity index (χ1v) is 8.05. The fourth-order valence-corrected chi connectivity index (χ4v) is 2.56. The molecule has 6 heteroatoms. The smallest absolute Gasteiger partial charge is 0.258 e. The molecule has 1 N–H and O–H groups in total. The van der Waals surface area contributed by atoms with E-state index in [1.807, 2.05) is 13.8 Å². The summed E-state index contributed by atoms with van der Waals surface area (Å²) < 4.78 is 15.9. The van der Waals surface area contributed by atoms with E-state index < -0.39 is 7.37 Å². The molecule has 5 nitrogen and oxygen atoms in total. The second-order valence-corrected chi connectivity index (χ2v) is 7.22. The Balaban J connectivity index is 0.000000203. The third-order valence-electron chi connectivity index (χ3n) is 2.94. The van der Waals surface area contributed by atoms with Gasteiger partial charge in [0.15, 0.2) is 0 Å². The van der Waals surface area contributed by atoms with Gasteiger partial charge in [-0.3, -0.25) is 19.5 Å². The van der Waals surface area contributed by atoms with Crippen LogP contribution in [0.4, 0.5) is 0 Å². The minimum atomic E-state index is -2.16. The molecule has 0 saturated carbocycles. The van der Waals surface area contributed by atoms with Gasteiger partial charge in [-0.25, -0.2) is 0 Å². The Morgan fingerprint density at radius 3 is 1.74 bits per heavy atom. The number of carbonyl (C=O) groups is 2. The minimum Gasteiger partial charge on any atom is -0.332 e. The normalized spacial score (nSPS) is 13.4. The fraction of sp³-hybridized carbons (Fsp3) is 0.385. The van der Waals surface area contributed by atoms with Crippen LogP contribution >= 0.6 is 7.37 Å². The van der Waals surface area contributed by atoms with Gasteiger partial charge in [-0.15, -0.1) is 0 Å². The zero-order valence-electron chi connectivity index (χ0n) is 11.3. The van der Waals surface area contributed by atoms with Crippen molar-refractivity contribution in [2.45, 2.75) is 13.8 Å². The van der Waals surface area contributed by atoms with Crippen LogP contribution in [-0.2, 0) is 9.09 Å². The average molecular weight is 283 g/mol. The summed E-state index contributed by atoms with van der Waals surface area (Å²) in [4.78, 5) is 21.9.